The number of allylic oxidation sites excluding steroid dienone is 1. The van der Waals surface area contributed by atoms with E-state index in [1.807, 2.05) is 27.7 Å². The zero-order chi connectivity index (χ0) is 26.0. The number of unbranched alkanes of at least 4 members (excludes halogenated alkanes) is 1. The highest BCUT2D eigenvalue weighted by Gasteiger charge is 2.50. The number of hydrogen-bond acceptors (Lipinski definition) is 0. The summed E-state index contributed by atoms with van der Waals surface area (Å²) in [6.07, 6.45) is 17.1. The molecule has 0 spiro atoms. The Morgan fingerprint density at radius 1 is 0.882 bits per heavy atom. The molecule has 0 N–H and O–H groups in total. The highest BCUT2D eigenvalue weighted by molar-refractivity contribution is 5.13. The largest absolute Gasteiger partial charge is 0.106 e. The van der Waals surface area contributed by atoms with Gasteiger partial charge in [-0.25, -0.2) is 0 Å². The molecule has 2 saturated carbocycles. The summed E-state index contributed by atoms with van der Waals surface area (Å²) in [5.74, 6) is 5.82. The van der Waals surface area contributed by atoms with Gasteiger partial charge in [0.05, 0.1) is 0 Å². The smallest absolute Gasteiger partial charge is 0.00907 e. The van der Waals surface area contributed by atoms with Crippen LogP contribution in [0.2, 0.25) is 0 Å². The Balaban J connectivity index is -0.00000127. The first-order valence-corrected chi connectivity index (χ1v) is 15.1. The molecule has 0 bridgehead atoms. The summed E-state index contributed by atoms with van der Waals surface area (Å²) in [5.41, 5.74) is 1.93. The fourth-order valence-corrected chi connectivity index (χ4v) is 7.11. The molecule has 2 fully saturated rings. The molecule has 0 radical (unpaired) electrons. The molecule has 0 saturated heterocycles. The van der Waals surface area contributed by atoms with Gasteiger partial charge in [0, 0.05) is 0 Å². The maximum absolute atomic E-state index is 4.60. The predicted octanol–water partition coefficient (Wildman–Crippen LogP) is 12.5. The number of fused-ring (bicyclic) bond motifs is 1. The van der Waals surface area contributed by atoms with Gasteiger partial charge in [0.25, 0.3) is 0 Å². The van der Waals surface area contributed by atoms with Crippen LogP contribution >= 0.6 is 0 Å². The lowest BCUT2D eigenvalue weighted by atomic mass is 9.54. The minimum absolute atomic E-state index is 0. The Bertz CT molecular complexity index is 461. The van der Waals surface area contributed by atoms with Crippen LogP contribution in [-0.2, 0) is 0 Å². The zero-order valence-electron chi connectivity index (χ0n) is 25.1. The van der Waals surface area contributed by atoms with Crippen LogP contribution in [0.3, 0.4) is 0 Å². The van der Waals surface area contributed by atoms with Gasteiger partial charge in [-0.15, -0.1) is 13.2 Å². The molecule has 0 amide bonds. The summed E-state index contributed by atoms with van der Waals surface area (Å²) >= 11 is 0. The first-order valence-electron chi connectivity index (χ1n) is 15.1. The van der Waals surface area contributed by atoms with E-state index in [0.29, 0.717) is 5.41 Å². The van der Waals surface area contributed by atoms with Gasteiger partial charge in [-0.2, -0.15) is 0 Å². The van der Waals surface area contributed by atoms with Crippen LogP contribution in [0.1, 0.15) is 154 Å². The lowest BCUT2D eigenvalue weighted by Gasteiger charge is -2.50. The standard InChI is InChI=1S/C27H50.2C2H6.C2H4.CH4/c1-8-13-21(6)27(7,10-3)26-19-18-24-22(15-12-11-14-20(4)5)16-17-25(24)23(26)9-2;3*1-2;/h20,22-26H,6,8-19H2,1-5,7H3;2*1-2H3;1-2H2;1H4. The van der Waals surface area contributed by atoms with Crippen LogP contribution in [0.5, 0.6) is 0 Å². The van der Waals surface area contributed by atoms with Crippen molar-refractivity contribution in [2.75, 3.05) is 0 Å². The van der Waals surface area contributed by atoms with Crippen LogP contribution in [0, 0.1) is 40.9 Å². The van der Waals surface area contributed by atoms with Crippen molar-refractivity contribution >= 4 is 0 Å². The van der Waals surface area contributed by atoms with Gasteiger partial charge in [-0.05, 0) is 79.4 Å². The Morgan fingerprint density at radius 2 is 1.44 bits per heavy atom. The second-order valence-electron chi connectivity index (χ2n) is 10.7. The van der Waals surface area contributed by atoms with E-state index >= 15 is 0 Å². The molecule has 0 nitrogen and oxygen atoms in total. The SMILES string of the molecule is C.C=C.C=C(CCC)C(C)(CC)C1CCC2C(CCCCC(C)C)CCC2C1CC.CC.CC. The van der Waals surface area contributed by atoms with Crippen LogP contribution < -0.4 is 0 Å². The van der Waals surface area contributed by atoms with E-state index in [0.717, 1.165) is 35.5 Å². The first-order chi connectivity index (χ1) is 15.9. The molecule has 2 aliphatic rings. The molecule has 6 unspecified atom stereocenters. The molecular formula is C34H70. The third-order valence-corrected chi connectivity index (χ3v) is 8.89. The van der Waals surface area contributed by atoms with Gasteiger partial charge >= 0.3 is 0 Å². The molecule has 206 valence electrons. The third kappa shape index (κ3) is 10.6. The van der Waals surface area contributed by atoms with Crippen LogP contribution in [0.25, 0.3) is 0 Å². The van der Waals surface area contributed by atoms with Gasteiger partial charge < -0.3 is 0 Å². The second kappa shape index (κ2) is 21.7. The Kier molecular flexibility index (Phi) is 24.3. The maximum Gasteiger partial charge on any atom is -0.00907 e. The fourth-order valence-electron chi connectivity index (χ4n) is 7.11. The van der Waals surface area contributed by atoms with Crippen molar-refractivity contribution in [2.24, 2.45) is 40.9 Å². The molecule has 0 aromatic heterocycles. The summed E-state index contributed by atoms with van der Waals surface area (Å²) in [5, 5.41) is 0. The quantitative estimate of drug-likeness (QED) is 0.204. The van der Waals surface area contributed by atoms with Crippen molar-refractivity contribution in [2.45, 2.75) is 154 Å². The van der Waals surface area contributed by atoms with Crippen molar-refractivity contribution in [3.63, 3.8) is 0 Å². The van der Waals surface area contributed by atoms with Gasteiger partial charge in [-0.3, -0.25) is 0 Å². The fraction of sp³-hybridized carbons (Fsp3) is 0.882. The van der Waals surface area contributed by atoms with Crippen molar-refractivity contribution in [3.8, 4) is 0 Å². The van der Waals surface area contributed by atoms with Crippen molar-refractivity contribution in [1.82, 2.24) is 0 Å². The predicted molar refractivity (Wildman–Crippen MR) is 163 cm³/mol. The van der Waals surface area contributed by atoms with Gasteiger partial charge in [0.1, 0.15) is 0 Å². The average molecular weight is 479 g/mol. The lowest BCUT2D eigenvalue weighted by Crippen LogP contribution is -2.42. The molecule has 0 aliphatic heterocycles. The first kappa shape index (κ1) is 38.0. The van der Waals surface area contributed by atoms with Gasteiger partial charge in [0.2, 0.25) is 0 Å². The Hall–Kier alpha value is -0.520. The van der Waals surface area contributed by atoms with Crippen molar-refractivity contribution < 1.29 is 0 Å². The highest BCUT2D eigenvalue weighted by atomic mass is 14.5. The Morgan fingerprint density at radius 3 is 1.91 bits per heavy atom. The van der Waals surface area contributed by atoms with Crippen LogP contribution in [0.15, 0.2) is 25.3 Å². The molecule has 6 atom stereocenters. The molecule has 0 aromatic rings. The van der Waals surface area contributed by atoms with Crippen LogP contribution in [-0.4, -0.2) is 0 Å². The minimum Gasteiger partial charge on any atom is -0.106 e. The van der Waals surface area contributed by atoms with Crippen LogP contribution in [0.4, 0.5) is 0 Å². The zero-order valence-corrected chi connectivity index (χ0v) is 25.1. The summed E-state index contributed by atoms with van der Waals surface area (Å²) < 4.78 is 0. The molecule has 2 rings (SSSR count). The highest BCUT2D eigenvalue weighted by Crippen LogP contribution is 2.58. The van der Waals surface area contributed by atoms with E-state index in [-0.39, 0.29) is 7.43 Å². The van der Waals surface area contributed by atoms with Crippen molar-refractivity contribution in [3.05, 3.63) is 25.3 Å². The molecule has 0 aromatic carbocycles. The molecule has 2 aliphatic carbocycles. The van der Waals surface area contributed by atoms with E-state index < -0.39 is 0 Å². The van der Waals surface area contributed by atoms with E-state index in [1.54, 1.807) is 5.57 Å². The lowest BCUT2D eigenvalue weighted by molar-refractivity contribution is 0.0196. The average Bonchev–Trinajstić information content (AvgIpc) is 3.27. The normalized spacial score (nSPS) is 26.7. The molecule has 0 heteroatoms. The van der Waals surface area contributed by atoms with E-state index in [2.05, 4.69) is 61.3 Å². The summed E-state index contributed by atoms with van der Waals surface area (Å²) in [6, 6.07) is 0. The summed E-state index contributed by atoms with van der Waals surface area (Å²) in [7, 11) is 0. The molecule has 34 heavy (non-hydrogen) atoms. The number of hydrogen-bond donors (Lipinski definition) is 0. The summed E-state index contributed by atoms with van der Waals surface area (Å²) in [6.45, 7) is 33.1. The topological polar surface area (TPSA) is 0 Å². The third-order valence-electron chi connectivity index (χ3n) is 8.89. The van der Waals surface area contributed by atoms with Crippen molar-refractivity contribution in [1.29, 1.82) is 0 Å². The second-order valence-corrected chi connectivity index (χ2v) is 10.7. The van der Waals surface area contributed by atoms with E-state index in [4.69, 9.17) is 0 Å². The minimum atomic E-state index is 0. The van der Waals surface area contributed by atoms with Gasteiger partial charge in [-0.1, -0.05) is 127 Å². The molecular weight excluding hydrogens is 408 g/mol. The summed E-state index contributed by atoms with van der Waals surface area (Å²) in [4.78, 5) is 0. The monoisotopic (exact) mass is 479 g/mol. The van der Waals surface area contributed by atoms with Gasteiger partial charge in [0.15, 0.2) is 0 Å². The maximum atomic E-state index is 4.60. The van der Waals surface area contributed by atoms with E-state index in [9.17, 15) is 0 Å². The number of rotatable bonds is 11. The Labute approximate surface area is 219 Å². The molecule has 0 heterocycles. The van der Waals surface area contributed by atoms with E-state index in [1.165, 1.54) is 77.0 Å².